The molecule has 1 heteroatoms. The van der Waals surface area contributed by atoms with E-state index in [2.05, 4.69) is 20.8 Å². The van der Waals surface area contributed by atoms with E-state index in [9.17, 15) is 0 Å². The Hall–Kier alpha value is 0.350. The third-order valence-electron chi connectivity index (χ3n) is 3.90. The zero-order chi connectivity index (χ0) is 9.73. The van der Waals surface area contributed by atoms with Gasteiger partial charge >= 0.3 is 0 Å². The Morgan fingerprint density at radius 3 is 1.77 bits per heavy atom. The van der Waals surface area contributed by atoms with Crippen LogP contribution in [0.2, 0.25) is 0 Å². The largest absolute Gasteiger partial charge is 0.241 e. The minimum atomic E-state index is -0.194. The molecule has 0 spiro atoms. The van der Waals surface area contributed by atoms with Crippen LogP contribution in [0.1, 0.15) is 46.5 Å². The van der Waals surface area contributed by atoms with Crippen LogP contribution >= 0.6 is 10.0 Å². The topological polar surface area (TPSA) is 0 Å². The van der Waals surface area contributed by atoms with Gasteiger partial charge in [0.2, 0.25) is 0 Å². The fourth-order valence-corrected chi connectivity index (χ4v) is 5.91. The molecule has 0 saturated heterocycles. The van der Waals surface area contributed by atoms with Crippen molar-refractivity contribution in [1.29, 1.82) is 0 Å². The van der Waals surface area contributed by atoms with Gasteiger partial charge in [-0.1, -0.05) is 33.6 Å². The highest BCUT2D eigenvalue weighted by molar-refractivity contribution is 8.33. The van der Waals surface area contributed by atoms with Gasteiger partial charge in [0.1, 0.15) is 0 Å². The Morgan fingerprint density at radius 2 is 1.38 bits per heavy atom. The van der Waals surface area contributed by atoms with E-state index < -0.39 is 0 Å². The average Bonchev–Trinajstić information content (AvgIpc) is 2.67. The van der Waals surface area contributed by atoms with E-state index in [1.54, 1.807) is 5.75 Å². The van der Waals surface area contributed by atoms with Gasteiger partial charge in [-0.3, -0.25) is 0 Å². The normalized spacial score (nSPS) is 20.8. The fraction of sp³-hybridized carbons (Fsp3) is 1.00. The summed E-state index contributed by atoms with van der Waals surface area (Å²) in [6.45, 7) is 7.24. The molecule has 0 N–H and O–H groups in total. The van der Waals surface area contributed by atoms with Crippen LogP contribution in [0.4, 0.5) is 0 Å². The van der Waals surface area contributed by atoms with Crippen molar-refractivity contribution in [1.82, 2.24) is 0 Å². The van der Waals surface area contributed by atoms with Crippen molar-refractivity contribution >= 4 is 10.0 Å². The molecule has 80 valence electrons. The predicted molar refractivity (Wildman–Crippen MR) is 66.0 cm³/mol. The summed E-state index contributed by atoms with van der Waals surface area (Å²) in [6.07, 6.45) is 6.10. The van der Waals surface area contributed by atoms with Crippen LogP contribution in [0.5, 0.6) is 0 Å². The minimum absolute atomic E-state index is 0.194. The monoisotopic (exact) mass is 202 g/mol. The van der Waals surface area contributed by atoms with Crippen molar-refractivity contribution in [2.24, 2.45) is 5.92 Å². The first-order valence-electron chi connectivity index (χ1n) is 6.00. The maximum Gasteiger partial charge on any atom is -0.0199 e. The summed E-state index contributed by atoms with van der Waals surface area (Å²) in [5.74, 6) is 7.11. The summed E-state index contributed by atoms with van der Waals surface area (Å²) in [6, 6.07) is 0. The Morgan fingerprint density at radius 1 is 0.923 bits per heavy atom. The lowest BCUT2D eigenvalue weighted by molar-refractivity contribution is 0.619. The van der Waals surface area contributed by atoms with E-state index in [0.717, 1.165) is 5.92 Å². The zero-order valence-electron chi connectivity index (χ0n) is 9.64. The molecule has 0 aromatic carbocycles. The lowest BCUT2D eigenvalue weighted by Gasteiger charge is -2.39. The molecule has 0 nitrogen and oxygen atoms in total. The van der Waals surface area contributed by atoms with Crippen molar-refractivity contribution in [3.05, 3.63) is 0 Å². The summed E-state index contributed by atoms with van der Waals surface area (Å²) in [5.41, 5.74) is 0. The molecule has 0 aromatic rings. The Bertz CT molecular complexity index is 124. The van der Waals surface area contributed by atoms with Crippen LogP contribution < -0.4 is 0 Å². The van der Waals surface area contributed by atoms with Crippen LogP contribution in [0.15, 0.2) is 0 Å². The molecule has 13 heavy (non-hydrogen) atoms. The lowest BCUT2D eigenvalue weighted by Crippen LogP contribution is -2.18. The van der Waals surface area contributed by atoms with Gasteiger partial charge in [-0.25, -0.2) is 10.0 Å². The van der Waals surface area contributed by atoms with Crippen molar-refractivity contribution in [2.45, 2.75) is 46.5 Å². The average molecular weight is 202 g/mol. The summed E-state index contributed by atoms with van der Waals surface area (Å²) in [7, 11) is -0.194. The molecule has 1 saturated carbocycles. The first-order valence-corrected chi connectivity index (χ1v) is 8.31. The van der Waals surface area contributed by atoms with Crippen LogP contribution in [-0.2, 0) is 0 Å². The van der Waals surface area contributed by atoms with Crippen LogP contribution in [0.25, 0.3) is 0 Å². The second-order valence-corrected chi connectivity index (χ2v) is 8.92. The molecule has 1 fully saturated rings. The van der Waals surface area contributed by atoms with Gasteiger partial charge in [-0.05, 0) is 41.8 Å². The Balaban J connectivity index is 2.44. The van der Waals surface area contributed by atoms with Gasteiger partial charge in [0.05, 0.1) is 0 Å². The van der Waals surface area contributed by atoms with Gasteiger partial charge in [0.15, 0.2) is 0 Å². The zero-order valence-corrected chi connectivity index (χ0v) is 10.5. The predicted octanol–water partition coefficient (Wildman–Crippen LogP) is 4.04. The lowest BCUT2D eigenvalue weighted by atomic mass is 10.1. The van der Waals surface area contributed by atoms with Gasteiger partial charge in [0, 0.05) is 0 Å². The molecule has 0 heterocycles. The number of hydrogen-bond donors (Lipinski definition) is 0. The highest BCUT2D eigenvalue weighted by Crippen LogP contribution is 2.50. The molecule has 0 aromatic heterocycles. The maximum absolute atomic E-state index is 2.41. The highest BCUT2D eigenvalue weighted by atomic mass is 32.3. The third kappa shape index (κ3) is 2.90. The van der Waals surface area contributed by atoms with E-state index in [-0.39, 0.29) is 10.0 Å². The van der Waals surface area contributed by atoms with Crippen LogP contribution in [0, 0.1) is 5.92 Å². The quantitative estimate of drug-likeness (QED) is 0.631. The van der Waals surface area contributed by atoms with Crippen molar-refractivity contribution in [3.63, 3.8) is 0 Å². The first-order chi connectivity index (χ1) is 6.26. The van der Waals surface area contributed by atoms with E-state index in [1.807, 2.05) is 0 Å². The van der Waals surface area contributed by atoms with E-state index in [4.69, 9.17) is 0 Å². The molecule has 0 radical (unpaired) electrons. The molecule has 0 atom stereocenters. The number of hydrogen-bond acceptors (Lipinski definition) is 0. The summed E-state index contributed by atoms with van der Waals surface area (Å²) >= 11 is 0. The first kappa shape index (κ1) is 11.4. The summed E-state index contributed by atoms with van der Waals surface area (Å²) < 4.78 is 0. The standard InChI is InChI=1S/C12H26S/c1-4-13(5-2,6-3)11-12-9-7-8-10-12/h12H,4-11H2,1-3H3. The molecule has 0 amide bonds. The van der Waals surface area contributed by atoms with Crippen LogP contribution in [-0.4, -0.2) is 23.0 Å². The fourth-order valence-electron chi connectivity index (χ4n) is 2.64. The third-order valence-corrected chi connectivity index (χ3v) is 8.75. The van der Waals surface area contributed by atoms with Gasteiger partial charge in [-0.15, -0.1) is 0 Å². The number of rotatable bonds is 5. The molecule has 1 rings (SSSR count). The van der Waals surface area contributed by atoms with E-state index >= 15 is 0 Å². The second-order valence-electron chi connectivity index (χ2n) is 4.41. The Kier molecular flexibility index (Phi) is 4.64. The molecule has 0 unspecified atom stereocenters. The van der Waals surface area contributed by atoms with Gasteiger partial charge in [-0.2, -0.15) is 0 Å². The molecular formula is C12H26S. The molecule has 0 bridgehead atoms. The van der Waals surface area contributed by atoms with Crippen molar-refractivity contribution in [3.8, 4) is 0 Å². The van der Waals surface area contributed by atoms with Gasteiger partial charge < -0.3 is 0 Å². The Labute approximate surface area is 85.8 Å². The van der Waals surface area contributed by atoms with E-state index in [1.165, 1.54) is 42.9 Å². The highest BCUT2D eigenvalue weighted by Gasteiger charge is 2.24. The maximum atomic E-state index is 2.41. The van der Waals surface area contributed by atoms with E-state index in [0.29, 0.717) is 0 Å². The minimum Gasteiger partial charge on any atom is -0.241 e. The summed E-state index contributed by atoms with van der Waals surface area (Å²) in [5, 5.41) is 0. The smallest absolute Gasteiger partial charge is 0.0199 e. The SMILES string of the molecule is CCS(CC)(CC)CC1CCCC1. The van der Waals surface area contributed by atoms with Crippen molar-refractivity contribution in [2.75, 3.05) is 23.0 Å². The second kappa shape index (κ2) is 5.29. The van der Waals surface area contributed by atoms with Crippen molar-refractivity contribution < 1.29 is 0 Å². The van der Waals surface area contributed by atoms with Crippen LogP contribution in [0.3, 0.4) is 0 Å². The molecular weight excluding hydrogens is 176 g/mol. The summed E-state index contributed by atoms with van der Waals surface area (Å²) in [4.78, 5) is 0. The van der Waals surface area contributed by atoms with Gasteiger partial charge in [0.25, 0.3) is 0 Å². The molecule has 1 aliphatic carbocycles. The molecule has 1 aliphatic rings. The molecule has 0 aliphatic heterocycles.